The van der Waals surface area contributed by atoms with Crippen LogP contribution in [0.15, 0.2) is 28.7 Å². The first kappa shape index (κ1) is 15.5. The molecule has 21 heavy (non-hydrogen) atoms. The van der Waals surface area contributed by atoms with Crippen molar-refractivity contribution in [1.82, 2.24) is 15.5 Å². The van der Waals surface area contributed by atoms with Crippen LogP contribution in [0.4, 0.5) is 13.2 Å². The van der Waals surface area contributed by atoms with E-state index >= 15 is 0 Å². The van der Waals surface area contributed by atoms with Gasteiger partial charge in [0.25, 0.3) is 0 Å². The van der Waals surface area contributed by atoms with Crippen molar-refractivity contribution in [1.29, 1.82) is 0 Å². The van der Waals surface area contributed by atoms with Crippen molar-refractivity contribution in [2.45, 2.75) is 32.5 Å². The molecular formula is C14H16F3N3O. The summed E-state index contributed by atoms with van der Waals surface area (Å²) in [6.07, 6.45) is -3.77. The van der Waals surface area contributed by atoms with Gasteiger partial charge in [-0.15, -0.1) is 10.2 Å². The number of alkyl halides is 3. The minimum absolute atomic E-state index is 0.225. The molecule has 0 saturated heterocycles. The number of aromatic nitrogens is 2. The molecule has 4 nitrogen and oxygen atoms in total. The van der Waals surface area contributed by atoms with E-state index in [9.17, 15) is 13.2 Å². The van der Waals surface area contributed by atoms with E-state index in [0.29, 0.717) is 30.5 Å². The maximum atomic E-state index is 12.5. The minimum atomic E-state index is -4.35. The van der Waals surface area contributed by atoms with E-state index < -0.39 is 11.7 Å². The highest BCUT2D eigenvalue weighted by Crippen LogP contribution is 2.30. The lowest BCUT2D eigenvalue weighted by Gasteiger charge is -2.06. The topological polar surface area (TPSA) is 51.0 Å². The van der Waals surface area contributed by atoms with Crippen LogP contribution >= 0.6 is 0 Å². The second kappa shape index (κ2) is 6.26. The monoisotopic (exact) mass is 299 g/mol. The Labute approximate surface area is 120 Å². The molecule has 0 radical (unpaired) electrons. The maximum Gasteiger partial charge on any atom is 0.416 e. The van der Waals surface area contributed by atoms with Crippen LogP contribution in [0.1, 0.15) is 25.3 Å². The lowest BCUT2D eigenvalue weighted by molar-refractivity contribution is -0.137. The predicted octanol–water partition coefficient (Wildman–Crippen LogP) is 3.30. The Kier molecular flexibility index (Phi) is 4.62. The average Bonchev–Trinajstić information content (AvgIpc) is 2.86. The first-order chi connectivity index (χ1) is 9.86. The molecule has 1 aromatic heterocycles. The van der Waals surface area contributed by atoms with Crippen LogP contribution in [0.2, 0.25) is 0 Å². The fraction of sp³-hybridized carbons (Fsp3) is 0.429. The van der Waals surface area contributed by atoms with Crippen molar-refractivity contribution in [2.24, 2.45) is 0 Å². The Balaban J connectivity index is 2.04. The molecule has 0 spiro atoms. The van der Waals surface area contributed by atoms with Crippen molar-refractivity contribution < 1.29 is 17.6 Å². The minimum Gasteiger partial charge on any atom is -0.421 e. The van der Waals surface area contributed by atoms with Crippen LogP contribution in [-0.2, 0) is 12.6 Å². The van der Waals surface area contributed by atoms with Gasteiger partial charge < -0.3 is 9.73 Å². The van der Waals surface area contributed by atoms with E-state index in [1.807, 2.05) is 13.8 Å². The lowest BCUT2D eigenvalue weighted by atomic mass is 10.1. The van der Waals surface area contributed by atoms with Gasteiger partial charge in [0.05, 0.1) is 5.56 Å². The molecule has 2 aromatic rings. The van der Waals surface area contributed by atoms with Gasteiger partial charge in [-0.1, -0.05) is 13.8 Å². The molecule has 0 saturated carbocycles. The third-order valence-corrected chi connectivity index (χ3v) is 2.82. The molecule has 7 heteroatoms. The molecule has 1 heterocycles. The van der Waals surface area contributed by atoms with Gasteiger partial charge in [0.15, 0.2) is 0 Å². The number of rotatable bonds is 5. The van der Waals surface area contributed by atoms with E-state index in [2.05, 4.69) is 15.5 Å². The molecule has 2 rings (SSSR count). The van der Waals surface area contributed by atoms with Crippen LogP contribution in [0.3, 0.4) is 0 Å². The fourth-order valence-electron chi connectivity index (χ4n) is 1.74. The average molecular weight is 299 g/mol. The Bertz CT molecular complexity index is 576. The Morgan fingerprint density at radius 3 is 2.38 bits per heavy atom. The zero-order valence-corrected chi connectivity index (χ0v) is 11.7. The second-order valence-corrected chi connectivity index (χ2v) is 4.93. The Hall–Kier alpha value is -1.89. The van der Waals surface area contributed by atoms with Crippen LogP contribution in [0.5, 0.6) is 0 Å². The zero-order valence-electron chi connectivity index (χ0n) is 11.7. The summed E-state index contributed by atoms with van der Waals surface area (Å²) in [5.41, 5.74) is -0.231. The number of benzene rings is 1. The first-order valence-electron chi connectivity index (χ1n) is 6.59. The van der Waals surface area contributed by atoms with Crippen LogP contribution < -0.4 is 5.32 Å². The van der Waals surface area contributed by atoms with Crippen molar-refractivity contribution in [2.75, 3.05) is 6.54 Å². The van der Waals surface area contributed by atoms with Crippen LogP contribution in [0, 0.1) is 0 Å². The fourth-order valence-corrected chi connectivity index (χ4v) is 1.74. The Morgan fingerprint density at radius 1 is 1.14 bits per heavy atom. The summed E-state index contributed by atoms with van der Waals surface area (Å²) in [6, 6.07) is 5.01. The van der Waals surface area contributed by atoms with Crippen LogP contribution in [0.25, 0.3) is 11.5 Å². The van der Waals surface area contributed by atoms with Crippen LogP contribution in [-0.4, -0.2) is 22.8 Å². The summed E-state index contributed by atoms with van der Waals surface area (Å²) in [4.78, 5) is 0. The second-order valence-electron chi connectivity index (χ2n) is 4.93. The number of halogens is 3. The third kappa shape index (κ3) is 4.29. The quantitative estimate of drug-likeness (QED) is 0.920. The Morgan fingerprint density at radius 2 is 1.81 bits per heavy atom. The molecule has 0 aliphatic carbocycles. The van der Waals surface area contributed by atoms with Gasteiger partial charge in [0, 0.05) is 24.6 Å². The highest BCUT2D eigenvalue weighted by atomic mass is 19.4. The van der Waals surface area contributed by atoms with Gasteiger partial charge in [-0.3, -0.25) is 0 Å². The van der Waals surface area contributed by atoms with Crippen molar-refractivity contribution in [3.63, 3.8) is 0 Å². The number of nitrogens with one attached hydrogen (secondary N) is 1. The first-order valence-corrected chi connectivity index (χ1v) is 6.59. The summed E-state index contributed by atoms with van der Waals surface area (Å²) in [7, 11) is 0. The van der Waals surface area contributed by atoms with Crippen molar-refractivity contribution in [3.05, 3.63) is 35.7 Å². The van der Waals surface area contributed by atoms with E-state index in [-0.39, 0.29) is 5.89 Å². The smallest absolute Gasteiger partial charge is 0.416 e. The van der Waals surface area contributed by atoms with Gasteiger partial charge in [0.1, 0.15) is 0 Å². The van der Waals surface area contributed by atoms with E-state index in [4.69, 9.17) is 4.42 Å². The summed E-state index contributed by atoms with van der Waals surface area (Å²) < 4.78 is 42.9. The molecular weight excluding hydrogens is 283 g/mol. The zero-order chi connectivity index (χ0) is 15.5. The summed E-state index contributed by atoms with van der Waals surface area (Å²) in [5.74, 6) is 0.682. The third-order valence-electron chi connectivity index (χ3n) is 2.82. The summed E-state index contributed by atoms with van der Waals surface area (Å²) >= 11 is 0. The predicted molar refractivity (Wildman–Crippen MR) is 71.6 cm³/mol. The highest BCUT2D eigenvalue weighted by molar-refractivity contribution is 5.53. The normalized spacial score (nSPS) is 12.1. The van der Waals surface area contributed by atoms with E-state index in [1.54, 1.807) is 0 Å². The molecule has 0 atom stereocenters. The van der Waals surface area contributed by atoms with E-state index in [0.717, 1.165) is 12.1 Å². The van der Waals surface area contributed by atoms with Gasteiger partial charge >= 0.3 is 6.18 Å². The number of hydrogen-bond donors (Lipinski definition) is 1. The molecule has 1 N–H and O–H groups in total. The largest absolute Gasteiger partial charge is 0.421 e. The molecule has 0 fully saturated rings. The number of hydrogen-bond acceptors (Lipinski definition) is 4. The molecule has 0 amide bonds. The lowest BCUT2D eigenvalue weighted by Crippen LogP contribution is -2.25. The molecule has 114 valence electrons. The van der Waals surface area contributed by atoms with Crippen molar-refractivity contribution >= 4 is 0 Å². The van der Waals surface area contributed by atoms with Gasteiger partial charge in [-0.25, -0.2) is 0 Å². The summed E-state index contributed by atoms with van der Waals surface area (Å²) in [6.45, 7) is 4.76. The SMILES string of the molecule is CC(C)NCCc1nnc(-c2ccc(C(F)(F)F)cc2)o1. The molecule has 0 aliphatic heterocycles. The molecule has 1 aromatic carbocycles. The molecule has 0 bridgehead atoms. The summed E-state index contributed by atoms with van der Waals surface area (Å²) in [5, 5.41) is 10.9. The van der Waals surface area contributed by atoms with E-state index in [1.165, 1.54) is 12.1 Å². The van der Waals surface area contributed by atoms with Gasteiger partial charge in [0.2, 0.25) is 11.8 Å². The number of nitrogens with zero attached hydrogens (tertiary/aromatic N) is 2. The van der Waals surface area contributed by atoms with Gasteiger partial charge in [-0.05, 0) is 24.3 Å². The van der Waals surface area contributed by atoms with Gasteiger partial charge in [-0.2, -0.15) is 13.2 Å². The molecule has 0 unspecified atom stereocenters. The van der Waals surface area contributed by atoms with Crippen molar-refractivity contribution in [3.8, 4) is 11.5 Å². The molecule has 0 aliphatic rings. The standard InChI is InChI=1S/C14H16F3N3O/c1-9(2)18-8-7-12-19-20-13(21-12)10-3-5-11(6-4-10)14(15,16)17/h3-6,9,18H,7-8H2,1-2H3. The maximum absolute atomic E-state index is 12.5. The highest BCUT2D eigenvalue weighted by Gasteiger charge is 2.30.